The summed E-state index contributed by atoms with van der Waals surface area (Å²) >= 11 is 0. The van der Waals surface area contributed by atoms with Gasteiger partial charge in [0.15, 0.2) is 5.96 Å². The van der Waals surface area contributed by atoms with Crippen LogP contribution in [0.2, 0.25) is 0 Å². The molecule has 1 aliphatic heterocycles. The van der Waals surface area contributed by atoms with E-state index in [4.69, 9.17) is 4.74 Å². The van der Waals surface area contributed by atoms with Gasteiger partial charge in [-0.25, -0.2) is 0 Å². The molecule has 1 atom stereocenters. The summed E-state index contributed by atoms with van der Waals surface area (Å²) in [5.74, 6) is 0.928. The number of aromatic nitrogens is 2. The molecular formula is C16H30N6O. The van der Waals surface area contributed by atoms with Gasteiger partial charge in [-0.1, -0.05) is 0 Å². The molecule has 1 aromatic heterocycles. The lowest BCUT2D eigenvalue weighted by Crippen LogP contribution is -2.54. The molecule has 0 aliphatic carbocycles. The van der Waals surface area contributed by atoms with Gasteiger partial charge in [0.25, 0.3) is 0 Å². The van der Waals surface area contributed by atoms with Crippen LogP contribution in [0.4, 0.5) is 0 Å². The summed E-state index contributed by atoms with van der Waals surface area (Å²) < 4.78 is 7.71. The number of hydrogen-bond donors (Lipinski definition) is 1. The molecule has 0 aromatic carbocycles. The maximum absolute atomic E-state index is 5.90. The summed E-state index contributed by atoms with van der Waals surface area (Å²) in [5, 5.41) is 7.73. The number of nitrogens with one attached hydrogen (secondary N) is 1. The van der Waals surface area contributed by atoms with E-state index in [2.05, 4.69) is 53.2 Å². The zero-order valence-electron chi connectivity index (χ0n) is 15.2. The lowest BCUT2D eigenvalue weighted by atomic mass is 10.0. The van der Waals surface area contributed by atoms with Gasteiger partial charge in [0, 0.05) is 44.5 Å². The zero-order chi connectivity index (χ0) is 17.0. The monoisotopic (exact) mass is 322 g/mol. The van der Waals surface area contributed by atoms with Crippen LogP contribution in [0.1, 0.15) is 25.5 Å². The van der Waals surface area contributed by atoms with Gasteiger partial charge < -0.3 is 19.9 Å². The quantitative estimate of drug-likeness (QED) is 0.653. The number of morpholine rings is 1. The van der Waals surface area contributed by atoms with Crippen LogP contribution in [0, 0.1) is 0 Å². The van der Waals surface area contributed by atoms with Crippen molar-refractivity contribution in [2.45, 2.75) is 25.5 Å². The first-order valence-electron chi connectivity index (χ1n) is 8.06. The lowest BCUT2D eigenvalue weighted by Gasteiger charge is -2.37. The van der Waals surface area contributed by atoms with E-state index in [-0.39, 0.29) is 11.6 Å². The van der Waals surface area contributed by atoms with Gasteiger partial charge in [0.05, 0.1) is 19.3 Å². The van der Waals surface area contributed by atoms with Crippen LogP contribution in [0.25, 0.3) is 0 Å². The minimum Gasteiger partial charge on any atom is -0.370 e. The molecule has 0 spiro atoms. The molecule has 23 heavy (non-hydrogen) atoms. The molecule has 0 bridgehead atoms. The molecule has 1 fully saturated rings. The van der Waals surface area contributed by atoms with Crippen molar-refractivity contribution in [2.75, 3.05) is 47.4 Å². The molecular weight excluding hydrogens is 292 g/mol. The zero-order valence-corrected chi connectivity index (χ0v) is 15.2. The number of ether oxygens (including phenoxy) is 1. The fourth-order valence-electron chi connectivity index (χ4n) is 2.44. The summed E-state index contributed by atoms with van der Waals surface area (Å²) in [6, 6.07) is 0. The van der Waals surface area contributed by atoms with Gasteiger partial charge in [-0.2, -0.15) is 5.10 Å². The first-order valence-corrected chi connectivity index (χ1v) is 8.06. The Balaban J connectivity index is 1.98. The Morgan fingerprint density at radius 1 is 1.52 bits per heavy atom. The first-order chi connectivity index (χ1) is 10.8. The van der Waals surface area contributed by atoms with E-state index in [0.717, 1.165) is 31.2 Å². The Kier molecular flexibility index (Phi) is 5.64. The molecule has 2 rings (SSSR count). The molecule has 0 saturated carbocycles. The lowest BCUT2D eigenvalue weighted by molar-refractivity contribution is -0.00822. The van der Waals surface area contributed by atoms with Gasteiger partial charge in [0.2, 0.25) is 0 Å². The summed E-state index contributed by atoms with van der Waals surface area (Å²) in [4.78, 5) is 8.91. The van der Waals surface area contributed by atoms with E-state index < -0.39 is 0 Å². The first kappa shape index (κ1) is 17.7. The number of aliphatic imine (C=N–C) groups is 1. The third-order valence-electron chi connectivity index (χ3n) is 4.56. The van der Waals surface area contributed by atoms with Crippen LogP contribution < -0.4 is 5.32 Å². The van der Waals surface area contributed by atoms with E-state index in [9.17, 15) is 0 Å². The molecule has 7 nitrogen and oxygen atoms in total. The molecule has 1 aliphatic rings. The second-order valence-electron chi connectivity index (χ2n) is 6.86. The summed E-state index contributed by atoms with van der Waals surface area (Å²) in [5.41, 5.74) is 1.17. The molecule has 0 radical (unpaired) electrons. The van der Waals surface area contributed by atoms with Gasteiger partial charge in [0.1, 0.15) is 6.10 Å². The number of hydrogen-bond acceptors (Lipinski definition) is 4. The molecule has 130 valence electrons. The number of likely N-dealkylation sites (N-methyl/N-ethyl adjacent to an activating group) is 1. The SMILES string of the molecule is CN=C(NCC(C)(C)N(C)C)N1CCOC(c2cnn(C)c2)C1. The molecule has 0 amide bonds. The van der Waals surface area contributed by atoms with Crippen LogP contribution in [-0.2, 0) is 11.8 Å². The standard InChI is InChI=1S/C16H30N6O/c1-16(2,20(4)5)12-18-15(17-3)22-7-8-23-14(11-22)13-9-19-21(6)10-13/h9-10,14H,7-8,11-12H2,1-6H3,(H,17,18). The highest BCUT2D eigenvalue weighted by atomic mass is 16.5. The van der Waals surface area contributed by atoms with E-state index >= 15 is 0 Å². The smallest absolute Gasteiger partial charge is 0.193 e. The Labute approximate surface area is 139 Å². The van der Waals surface area contributed by atoms with Crippen molar-refractivity contribution in [3.05, 3.63) is 18.0 Å². The molecule has 1 N–H and O–H groups in total. The van der Waals surface area contributed by atoms with Crippen LogP contribution >= 0.6 is 0 Å². The largest absolute Gasteiger partial charge is 0.370 e. The predicted octanol–water partition coefficient (Wildman–Crippen LogP) is 0.709. The highest BCUT2D eigenvalue weighted by Crippen LogP contribution is 2.21. The Hall–Kier alpha value is -1.60. The number of rotatable bonds is 4. The van der Waals surface area contributed by atoms with Crippen LogP contribution in [0.15, 0.2) is 17.4 Å². The van der Waals surface area contributed by atoms with Crippen LogP contribution in [0.3, 0.4) is 0 Å². The summed E-state index contributed by atoms with van der Waals surface area (Å²) in [7, 11) is 7.95. The maximum atomic E-state index is 5.90. The summed E-state index contributed by atoms with van der Waals surface area (Å²) in [6.07, 6.45) is 3.93. The van der Waals surface area contributed by atoms with Crippen molar-refractivity contribution < 1.29 is 4.74 Å². The Morgan fingerprint density at radius 3 is 2.83 bits per heavy atom. The molecule has 2 heterocycles. The average molecular weight is 322 g/mol. The van der Waals surface area contributed by atoms with Gasteiger partial charge in [-0.3, -0.25) is 9.67 Å². The van der Waals surface area contributed by atoms with E-state index in [1.165, 1.54) is 0 Å². The molecule has 1 unspecified atom stereocenters. The van der Waals surface area contributed by atoms with Crippen molar-refractivity contribution >= 4 is 5.96 Å². The highest BCUT2D eigenvalue weighted by Gasteiger charge is 2.27. The Morgan fingerprint density at radius 2 is 2.26 bits per heavy atom. The fraction of sp³-hybridized carbons (Fsp3) is 0.750. The van der Waals surface area contributed by atoms with Crippen molar-refractivity contribution in [2.24, 2.45) is 12.0 Å². The second kappa shape index (κ2) is 7.31. The van der Waals surface area contributed by atoms with Crippen LogP contribution in [0.5, 0.6) is 0 Å². The minimum absolute atomic E-state index is 0.0397. The predicted molar refractivity (Wildman–Crippen MR) is 92.6 cm³/mol. The average Bonchev–Trinajstić information content (AvgIpc) is 2.94. The maximum Gasteiger partial charge on any atom is 0.193 e. The molecule has 1 aromatic rings. The molecule has 1 saturated heterocycles. The topological polar surface area (TPSA) is 57.9 Å². The van der Waals surface area contributed by atoms with Crippen molar-refractivity contribution in [3.8, 4) is 0 Å². The van der Waals surface area contributed by atoms with Crippen LogP contribution in [-0.4, -0.2) is 78.5 Å². The number of nitrogens with zero attached hydrogens (tertiary/aromatic N) is 5. The number of guanidine groups is 1. The Bertz CT molecular complexity index is 536. The summed E-state index contributed by atoms with van der Waals surface area (Å²) in [6.45, 7) is 7.58. The normalized spacial score (nSPS) is 20.2. The van der Waals surface area contributed by atoms with Crippen molar-refractivity contribution in [3.63, 3.8) is 0 Å². The molecule has 7 heteroatoms. The fourth-order valence-corrected chi connectivity index (χ4v) is 2.44. The minimum atomic E-state index is 0.0397. The third kappa shape index (κ3) is 4.45. The number of aryl methyl sites for hydroxylation is 1. The van der Waals surface area contributed by atoms with E-state index in [0.29, 0.717) is 6.61 Å². The van der Waals surface area contributed by atoms with Gasteiger partial charge in [-0.15, -0.1) is 0 Å². The van der Waals surface area contributed by atoms with Gasteiger partial charge in [-0.05, 0) is 27.9 Å². The highest BCUT2D eigenvalue weighted by molar-refractivity contribution is 5.80. The van der Waals surface area contributed by atoms with Gasteiger partial charge >= 0.3 is 0 Å². The van der Waals surface area contributed by atoms with Crippen molar-refractivity contribution in [1.29, 1.82) is 0 Å². The second-order valence-corrected chi connectivity index (χ2v) is 6.86. The third-order valence-corrected chi connectivity index (χ3v) is 4.56. The van der Waals surface area contributed by atoms with E-state index in [1.807, 2.05) is 31.2 Å². The van der Waals surface area contributed by atoms with Crippen molar-refractivity contribution in [1.82, 2.24) is 24.9 Å². The van der Waals surface area contributed by atoms with E-state index in [1.54, 1.807) is 0 Å².